The van der Waals surface area contributed by atoms with Gasteiger partial charge in [0.1, 0.15) is 0 Å². The van der Waals surface area contributed by atoms with Crippen molar-refractivity contribution in [3.05, 3.63) is 92.7 Å². The Morgan fingerprint density at radius 3 is 2.42 bits per heavy atom. The monoisotopic (exact) mass is 481 g/mol. The second-order valence-corrected chi connectivity index (χ2v) is 7.67. The minimum Gasteiger partial charge on any atom is -0.479 e. The zero-order valence-corrected chi connectivity index (χ0v) is 18.9. The van der Waals surface area contributed by atoms with Gasteiger partial charge in [0.05, 0.1) is 34.3 Å². The van der Waals surface area contributed by atoms with Gasteiger partial charge in [0.25, 0.3) is 5.56 Å². The van der Waals surface area contributed by atoms with Crippen LogP contribution in [-0.2, 0) is 9.53 Å². The number of carbonyl (C=O) groups excluding carboxylic acids is 1. The molecule has 0 spiro atoms. The second kappa shape index (κ2) is 9.85. The number of carbonyl (C=O) groups is 1. The lowest BCUT2D eigenvalue weighted by Crippen LogP contribution is -2.20. The zero-order valence-electron chi connectivity index (χ0n) is 17.4. The van der Waals surface area contributed by atoms with E-state index in [9.17, 15) is 9.59 Å². The molecule has 3 aromatic carbocycles. The summed E-state index contributed by atoms with van der Waals surface area (Å²) in [4.78, 5) is 29.2. The van der Waals surface area contributed by atoms with Crippen molar-refractivity contribution in [1.29, 1.82) is 0 Å². The summed E-state index contributed by atoms with van der Waals surface area (Å²) in [6.45, 7) is -0.331. The molecule has 33 heavy (non-hydrogen) atoms. The molecule has 0 aliphatic carbocycles. The summed E-state index contributed by atoms with van der Waals surface area (Å²) < 4.78 is 11.1. The van der Waals surface area contributed by atoms with Crippen LogP contribution in [-0.4, -0.2) is 35.6 Å². The third-order valence-electron chi connectivity index (χ3n) is 4.69. The van der Waals surface area contributed by atoms with Crippen molar-refractivity contribution in [1.82, 2.24) is 9.66 Å². The molecule has 0 saturated carbocycles. The van der Waals surface area contributed by atoms with Crippen molar-refractivity contribution in [2.24, 2.45) is 5.10 Å². The normalized spacial score (nSPS) is 11.1. The molecule has 0 bridgehead atoms. The Morgan fingerprint density at radius 1 is 1.06 bits per heavy atom. The van der Waals surface area contributed by atoms with Crippen LogP contribution in [0.2, 0.25) is 10.0 Å². The topological polar surface area (TPSA) is 82.8 Å². The van der Waals surface area contributed by atoms with Crippen LogP contribution < -0.4 is 10.3 Å². The molecule has 7 nitrogen and oxygen atoms in total. The Hall–Kier alpha value is -3.68. The van der Waals surface area contributed by atoms with E-state index in [-0.39, 0.29) is 28.0 Å². The summed E-state index contributed by atoms with van der Waals surface area (Å²) in [6.07, 6.45) is 1.45. The number of methoxy groups -OCH3 is 1. The second-order valence-electron chi connectivity index (χ2n) is 6.86. The van der Waals surface area contributed by atoms with Gasteiger partial charge >= 0.3 is 5.97 Å². The number of rotatable bonds is 6. The van der Waals surface area contributed by atoms with Crippen LogP contribution >= 0.6 is 23.2 Å². The van der Waals surface area contributed by atoms with Crippen molar-refractivity contribution >= 4 is 46.3 Å². The Bertz CT molecular complexity index is 1400. The molecular weight excluding hydrogens is 465 g/mol. The average Bonchev–Trinajstić information content (AvgIpc) is 2.83. The van der Waals surface area contributed by atoms with Gasteiger partial charge < -0.3 is 9.47 Å². The van der Waals surface area contributed by atoms with Gasteiger partial charge in [-0.15, -0.1) is 0 Å². The molecule has 0 unspecified atom stereocenters. The lowest BCUT2D eigenvalue weighted by molar-refractivity contribution is -0.142. The van der Waals surface area contributed by atoms with Crippen LogP contribution in [0.3, 0.4) is 0 Å². The van der Waals surface area contributed by atoms with Crippen LogP contribution in [0.25, 0.3) is 22.3 Å². The van der Waals surface area contributed by atoms with E-state index in [1.165, 1.54) is 18.0 Å². The molecule has 4 aromatic rings. The molecule has 0 N–H and O–H groups in total. The molecule has 0 aliphatic rings. The summed E-state index contributed by atoms with van der Waals surface area (Å²) in [5.74, 6) is -0.0226. The van der Waals surface area contributed by atoms with E-state index >= 15 is 0 Å². The Morgan fingerprint density at radius 2 is 1.73 bits per heavy atom. The Balaban J connectivity index is 1.76. The fraction of sp³-hybridized carbons (Fsp3) is 0.0833. The zero-order chi connectivity index (χ0) is 23.4. The van der Waals surface area contributed by atoms with Gasteiger partial charge in [0.15, 0.2) is 18.2 Å². The summed E-state index contributed by atoms with van der Waals surface area (Å²) in [7, 11) is 1.25. The fourth-order valence-electron chi connectivity index (χ4n) is 3.11. The molecule has 0 amide bonds. The fourth-order valence-corrected chi connectivity index (χ4v) is 3.72. The predicted octanol–water partition coefficient (Wildman–Crippen LogP) is 4.80. The molecular formula is C24H17Cl2N3O4. The van der Waals surface area contributed by atoms with E-state index in [2.05, 4.69) is 14.8 Å². The molecule has 0 fully saturated rings. The van der Waals surface area contributed by atoms with E-state index in [0.717, 1.165) is 5.56 Å². The number of esters is 1. The highest BCUT2D eigenvalue weighted by Gasteiger charge is 2.14. The van der Waals surface area contributed by atoms with E-state index in [1.807, 2.05) is 36.4 Å². The van der Waals surface area contributed by atoms with Gasteiger partial charge in [-0.25, -0.2) is 9.78 Å². The summed E-state index contributed by atoms with van der Waals surface area (Å²) in [5.41, 5.74) is 1.52. The maximum Gasteiger partial charge on any atom is 0.343 e. The summed E-state index contributed by atoms with van der Waals surface area (Å²) in [6, 6.07) is 19.5. The standard InChI is InChI=1S/C24H17Cl2N3O4/c1-32-21(30)14-33-22-18(25)11-15(12-19(22)26)13-27-29-23(16-7-3-2-4-8-16)28-20-10-6-5-9-17(20)24(29)31/h2-13H,14H2,1H3. The number of hydrogen-bond donors (Lipinski definition) is 0. The highest BCUT2D eigenvalue weighted by molar-refractivity contribution is 6.37. The largest absolute Gasteiger partial charge is 0.479 e. The molecule has 0 saturated heterocycles. The average molecular weight is 482 g/mol. The lowest BCUT2D eigenvalue weighted by atomic mass is 10.2. The number of fused-ring (bicyclic) bond motifs is 1. The van der Waals surface area contributed by atoms with Crippen molar-refractivity contribution in [3.8, 4) is 17.1 Å². The predicted molar refractivity (Wildman–Crippen MR) is 128 cm³/mol. The minimum absolute atomic E-state index is 0.149. The molecule has 1 aromatic heterocycles. The minimum atomic E-state index is -0.565. The van der Waals surface area contributed by atoms with Crippen molar-refractivity contribution in [3.63, 3.8) is 0 Å². The molecule has 4 rings (SSSR count). The van der Waals surface area contributed by atoms with Gasteiger partial charge in [-0.3, -0.25) is 4.79 Å². The van der Waals surface area contributed by atoms with E-state index < -0.39 is 5.97 Å². The third kappa shape index (κ3) is 4.89. The van der Waals surface area contributed by atoms with Gasteiger partial charge in [-0.05, 0) is 29.8 Å². The molecule has 166 valence electrons. The quantitative estimate of drug-likeness (QED) is 0.291. The van der Waals surface area contributed by atoms with Gasteiger partial charge in [-0.1, -0.05) is 65.7 Å². The molecule has 0 atom stereocenters. The molecule has 9 heteroatoms. The van der Waals surface area contributed by atoms with E-state index in [0.29, 0.717) is 22.3 Å². The first-order valence-electron chi connectivity index (χ1n) is 9.78. The van der Waals surface area contributed by atoms with Crippen molar-refractivity contribution in [2.75, 3.05) is 13.7 Å². The van der Waals surface area contributed by atoms with Crippen LogP contribution in [0.1, 0.15) is 5.56 Å². The summed E-state index contributed by atoms with van der Waals surface area (Å²) >= 11 is 12.6. The van der Waals surface area contributed by atoms with Crippen LogP contribution in [0.15, 0.2) is 76.6 Å². The molecule has 1 heterocycles. The van der Waals surface area contributed by atoms with Crippen molar-refractivity contribution in [2.45, 2.75) is 0 Å². The van der Waals surface area contributed by atoms with Crippen LogP contribution in [0.5, 0.6) is 5.75 Å². The number of ether oxygens (including phenoxy) is 2. The van der Waals surface area contributed by atoms with Gasteiger partial charge in [0.2, 0.25) is 0 Å². The first-order valence-corrected chi connectivity index (χ1v) is 10.5. The van der Waals surface area contributed by atoms with Crippen LogP contribution in [0, 0.1) is 0 Å². The Kier molecular flexibility index (Phi) is 6.72. The molecule has 0 radical (unpaired) electrons. The first-order chi connectivity index (χ1) is 16.0. The lowest BCUT2D eigenvalue weighted by Gasteiger charge is -2.11. The maximum atomic E-state index is 13.2. The maximum absolute atomic E-state index is 13.2. The number of benzene rings is 3. The van der Waals surface area contributed by atoms with E-state index in [4.69, 9.17) is 27.9 Å². The number of para-hydroxylation sites is 1. The SMILES string of the molecule is COC(=O)COc1c(Cl)cc(C=Nn2c(-c3ccccc3)nc3ccccc3c2=O)cc1Cl. The smallest absolute Gasteiger partial charge is 0.343 e. The molecule has 0 aliphatic heterocycles. The van der Waals surface area contributed by atoms with Gasteiger partial charge in [-0.2, -0.15) is 9.78 Å². The Labute approximate surface area is 198 Å². The van der Waals surface area contributed by atoms with Crippen molar-refractivity contribution < 1.29 is 14.3 Å². The number of hydrogen-bond acceptors (Lipinski definition) is 6. The summed E-state index contributed by atoms with van der Waals surface area (Å²) in [5, 5.41) is 5.19. The highest BCUT2D eigenvalue weighted by Crippen LogP contribution is 2.34. The highest BCUT2D eigenvalue weighted by atomic mass is 35.5. The van der Waals surface area contributed by atoms with Gasteiger partial charge in [0, 0.05) is 5.56 Å². The third-order valence-corrected chi connectivity index (χ3v) is 5.25. The first kappa shape index (κ1) is 22.5. The van der Waals surface area contributed by atoms with Crippen LogP contribution in [0.4, 0.5) is 0 Å². The number of aromatic nitrogens is 2. The number of halogens is 2. The number of nitrogens with zero attached hydrogens (tertiary/aromatic N) is 3. The van der Waals surface area contributed by atoms with E-state index in [1.54, 1.807) is 30.3 Å².